The van der Waals surface area contributed by atoms with Crippen molar-refractivity contribution in [3.05, 3.63) is 6.92 Å². The monoisotopic (exact) mass is 230 g/mol. The van der Waals surface area contributed by atoms with E-state index < -0.39 is 0 Å². The maximum Gasteiger partial charge on any atom is 0.0501 e. The van der Waals surface area contributed by atoms with E-state index in [4.69, 9.17) is 4.74 Å². The molecule has 63 valence electrons. The average molecular weight is 230 g/mol. The summed E-state index contributed by atoms with van der Waals surface area (Å²) in [4.78, 5) is 0. The molecule has 1 fully saturated rings. The van der Waals surface area contributed by atoms with Crippen molar-refractivity contribution in [3.63, 3.8) is 0 Å². The molecule has 0 amide bonds. The molecule has 1 aliphatic heterocycles. The Morgan fingerprint density at radius 1 is 1.55 bits per heavy atom. The fourth-order valence-corrected chi connectivity index (χ4v) is 1.56. The molecule has 1 unspecified atom stereocenters. The topological polar surface area (TPSA) is 9.23 Å². The van der Waals surface area contributed by atoms with Crippen molar-refractivity contribution in [3.8, 4) is 0 Å². The number of ether oxygens (including phenoxy) is 1. The first kappa shape index (κ1) is 12.1. The first-order valence-corrected chi connectivity index (χ1v) is 4.08. The molecule has 0 aromatic carbocycles. The van der Waals surface area contributed by atoms with Gasteiger partial charge in [-0.1, -0.05) is 13.8 Å². The molecule has 1 heterocycles. The van der Waals surface area contributed by atoms with Crippen LogP contribution in [0.3, 0.4) is 0 Å². The van der Waals surface area contributed by atoms with E-state index in [2.05, 4.69) is 20.8 Å². The molecule has 11 heavy (non-hydrogen) atoms. The molecule has 2 heteroatoms. The number of hydrogen-bond donors (Lipinski definition) is 0. The first-order chi connectivity index (χ1) is 4.71. The van der Waals surface area contributed by atoms with Gasteiger partial charge in [0, 0.05) is 39.3 Å². The molecular formula is C9H17OY-. The molecule has 1 saturated heterocycles. The third kappa shape index (κ3) is 2.50. The van der Waals surface area contributed by atoms with E-state index in [0.717, 1.165) is 19.6 Å². The van der Waals surface area contributed by atoms with Crippen LogP contribution in [0.5, 0.6) is 0 Å². The van der Waals surface area contributed by atoms with Crippen molar-refractivity contribution in [1.29, 1.82) is 0 Å². The SMILES string of the molecule is [CH2-]CC1(C(C)C)CCOC1.[Y]. The Labute approximate surface area is 95.2 Å². The largest absolute Gasteiger partial charge is 0.381 e. The Hall–Kier alpha value is 1.06. The van der Waals surface area contributed by atoms with Crippen molar-refractivity contribution in [2.45, 2.75) is 26.7 Å². The molecule has 0 bridgehead atoms. The fourth-order valence-electron chi connectivity index (χ4n) is 1.56. The van der Waals surface area contributed by atoms with E-state index in [9.17, 15) is 0 Å². The second-order valence-electron chi connectivity index (χ2n) is 3.57. The van der Waals surface area contributed by atoms with E-state index in [1.54, 1.807) is 0 Å². The van der Waals surface area contributed by atoms with Crippen LogP contribution in [0.2, 0.25) is 0 Å². The summed E-state index contributed by atoms with van der Waals surface area (Å²) in [5.41, 5.74) is 0.403. The smallest absolute Gasteiger partial charge is 0.0501 e. The Morgan fingerprint density at radius 3 is 2.36 bits per heavy atom. The molecule has 1 atom stereocenters. The summed E-state index contributed by atoms with van der Waals surface area (Å²) in [7, 11) is 0. The fraction of sp³-hybridized carbons (Fsp3) is 0.889. The summed E-state index contributed by atoms with van der Waals surface area (Å²) in [6.07, 6.45) is 2.22. The number of hydrogen-bond acceptors (Lipinski definition) is 1. The van der Waals surface area contributed by atoms with Crippen LogP contribution >= 0.6 is 0 Å². The van der Waals surface area contributed by atoms with Crippen LogP contribution in [0, 0.1) is 18.3 Å². The van der Waals surface area contributed by atoms with Crippen molar-refractivity contribution >= 4 is 0 Å². The second-order valence-corrected chi connectivity index (χ2v) is 3.57. The standard InChI is InChI=1S/C9H17O.Y/c1-4-9(8(2)3)5-6-10-7-9;/h8H,1,4-7H2,2-3H3;/q-1;. The van der Waals surface area contributed by atoms with Gasteiger partial charge in [0.1, 0.15) is 0 Å². The first-order valence-electron chi connectivity index (χ1n) is 4.08. The van der Waals surface area contributed by atoms with E-state index >= 15 is 0 Å². The van der Waals surface area contributed by atoms with E-state index in [1.165, 1.54) is 6.42 Å². The van der Waals surface area contributed by atoms with Crippen molar-refractivity contribution in [2.75, 3.05) is 13.2 Å². The summed E-state index contributed by atoms with van der Waals surface area (Å²) in [6.45, 7) is 10.4. The van der Waals surface area contributed by atoms with Gasteiger partial charge in [0.05, 0.1) is 6.61 Å². The van der Waals surface area contributed by atoms with Gasteiger partial charge >= 0.3 is 0 Å². The minimum Gasteiger partial charge on any atom is -0.381 e. The average Bonchev–Trinajstić information content (AvgIpc) is 2.35. The van der Waals surface area contributed by atoms with E-state index in [1.807, 2.05) is 0 Å². The van der Waals surface area contributed by atoms with Crippen LogP contribution < -0.4 is 0 Å². The van der Waals surface area contributed by atoms with Crippen molar-refractivity contribution in [2.24, 2.45) is 11.3 Å². The molecule has 1 rings (SSSR count). The van der Waals surface area contributed by atoms with Gasteiger partial charge in [-0.25, -0.2) is 0 Å². The number of rotatable bonds is 2. The van der Waals surface area contributed by atoms with Gasteiger partial charge in [-0.3, -0.25) is 0 Å². The van der Waals surface area contributed by atoms with E-state index in [-0.39, 0.29) is 32.7 Å². The van der Waals surface area contributed by atoms with Gasteiger partial charge in [0.15, 0.2) is 0 Å². The Morgan fingerprint density at radius 2 is 2.18 bits per heavy atom. The maximum atomic E-state index is 5.37. The van der Waals surface area contributed by atoms with Gasteiger partial charge in [0.25, 0.3) is 0 Å². The molecule has 0 aromatic rings. The molecule has 1 nitrogen and oxygen atoms in total. The zero-order valence-corrected chi connectivity index (χ0v) is 10.4. The van der Waals surface area contributed by atoms with Crippen LogP contribution in [0.1, 0.15) is 26.7 Å². The van der Waals surface area contributed by atoms with Gasteiger partial charge < -0.3 is 11.7 Å². The quantitative estimate of drug-likeness (QED) is 0.661. The van der Waals surface area contributed by atoms with Gasteiger partial charge in [0.2, 0.25) is 0 Å². The third-order valence-electron chi connectivity index (χ3n) is 2.86. The van der Waals surface area contributed by atoms with Gasteiger partial charge in [-0.15, -0.1) is 0 Å². The minimum absolute atomic E-state index is 0. The summed E-state index contributed by atoms with van der Waals surface area (Å²) >= 11 is 0. The van der Waals surface area contributed by atoms with Crippen LogP contribution in [-0.2, 0) is 37.4 Å². The predicted octanol–water partition coefficient (Wildman–Crippen LogP) is 2.27. The maximum absolute atomic E-state index is 5.37. The zero-order valence-electron chi connectivity index (χ0n) is 7.60. The Bertz CT molecular complexity index is 106. The second kappa shape index (κ2) is 4.94. The van der Waals surface area contributed by atoms with Crippen molar-refractivity contribution in [1.82, 2.24) is 0 Å². The summed E-state index contributed by atoms with van der Waals surface area (Å²) in [5, 5.41) is 0. The molecule has 0 N–H and O–H groups in total. The molecule has 0 spiro atoms. The minimum atomic E-state index is 0. The third-order valence-corrected chi connectivity index (χ3v) is 2.86. The molecule has 0 saturated carbocycles. The van der Waals surface area contributed by atoms with Gasteiger partial charge in [-0.05, 0) is 17.8 Å². The summed E-state index contributed by atoms with van der Waals surface area (Å²) < 4.78 is 5.37. The molecule has 0 aromatic heterocycles. The summed E-state index contributed by atoms with van der Waals surface area (Å²) in [6, 6.07) is 0. The summed E-state index contributed by atoms with van der Waals surface area (Å²) in [5.74, 6) is 0.715. The van der Waals surface area contributed by atoms with Crippen LogP contribution in [0.4, 0.5) is 0 Å². The Balaban J connectivity index is 0.000001000. The molecular weight excluding hydrogens is 213 g/mol. The predicted molar refractivity (Wildman–Crippen MR) is 42.7 cm³/mol. The molecule has 1 radical (unpaired) electrons. The van der Waals surface area contributed by atoms with Crippen molar-refractivity contribution < 1.29 is 37.4 Å². The molecule has 1 aliphatic rings. The van der Waals surface area contributed by atoms with Crippen LogP contribution in [0.15, 0.2) is 0 Å². The normalized spacial score (nSPS) is 30.5. The van der Waals surface area contributed by atoms with Gasteiger partial charge in [-0.2, -0.15) is 6.42 Å². The van der Waals surface area contributed by atoms with Crippen LogP contribution in [0.25, 0.3) is 0 Å². The van der Waals surface area contributed by atoms with Crippen LogP contribution in [-0.4, -0.2) is 13.2 Å². The Kier molecular flexibility index (Phi) is 5.42. The van der Waals surface area contributed by atoms with E-state index in [0.29, 0.717) is 11.3 Å². The molecule has 0 aliphatic carbocycles. The zero-order chi connectivity index (χ0) is 7.61.